The second-order valence-corrected chi connectivity index (χ2v) is 11.3. The zero-order chi connectivity index (χ0) is 24.7. The van der Waals surface area contributed by atoms with E-state index < -0.39 is 5.60 Å². The molecule has 2 bridgehead atoms. The number of fused-ring (bicyclic) bond motifs is 2. The first-order valence-electron chi connectivity index (χ1n) is 11.5. The van der Waals surface area contributed by atoms with Crippen molar-refractivity contribution in [3.8, 4) is 17.3 Å². The first kappa shape index (κ1) is 22.4. The highest BCUT2D eigenvalue weighted by Crippen LogP contribution is 2.61. The van der Waals surface area contributed by atoms with E-state index in [0.717, 1.165) is 19.3 Å². The average Bonchev–Trinajstić information content (AvgIpc) is 3.41. The van der Waals surface area contributed by atoms with Crippen molar-refractivity contribution in [2.24, 2.45) is 5.92 Å². The number of piperidine rings is 2. The summed E-state index contributed by atoms with van der Waals surface area (Å²) in [5.74, 6) is 0.803. The molecule has 4 atom stereocenters. The van der Waals surface area contributed by atoms with Crippen molar-refractivity contribution in [2.45, 2.75) is 63.3 Å². The first-order chi connectivity index (χ1) is 16.6. The molecule has 1 saturated heterocycles. The molecule has 2 aliphatic carbocycles. The molecule has 0 spiro atoms. The third-order valence-electron chi connectivity index (χ3n) is 7.33. The molecule has 11 heteroatoms. The second-order valence-electron chi connectivity index (χ2n) is 10.5. The van der Waals surface area contributed by atoms with Gasteiger partial charge in [0, 0.05) is 23.6 Å². The summed E-state index contributed by atoms with van der Waals surface area (Å²) < 4.78 is 5.49. The lowest BCUT2D eigenvalue weighted by atomic mass is 9.63. The third kappa shape index (κ3) is 3.34. The van der Waals surface area contributed by atoms with Crippen LogP contribution < -0.4 is 10.2 Å². The highest BCUT2D eigenvalue weighted by molar-refractivity contribution is 6.43. The van der Waals surface area contributed by atoms with E-state index in [1.165, 1.54) is 0 Å². The minimum atomic E-state index is -0.539. The van der Waals surface area contributed by atoms with Gasteiger partial charge in [-0.25, -0.2) is 9.78 Å². The fourth-order valence-corrected chi connectivity index (χ4v) is 6.46. The van der Waals surface area contributed by atoms with Crippen LogP contribution in [0.4, 0.5) is 10.7 Å². The van der Waals surface area contributed by atoms with Crippen LogP contribution in [0.1, 0.15) is 45.7 Å². The van der Waals surface area contributed by atoms with Crippen molar-refractivity contribution in [1.82, 2.24) is 25.5 Å². The lowest BCUT2D eigenvalue weighted by molar-refractivity contribution is 0.0189. The molecule has 3 fully saturated rings. The molecular formula is C24H23Cl2N7O2. The van der Waals surface area contributed by atoms with E-state index in [9.17, 15) is 10.1 Å². The largest absolute Gasteiger partial charge is 0.444 e. The number of anilines is 1. The molecule has 3 aliphatic rings. The third-order valence-corrected chi connectivity index (χ3v) is 8.14. The van der Waals surface area contributed by atoms with Crippen LogP contribution in [-0.2, 0) is 4.74 Å². The van der Waals surface area contributed by atoms with Crippen LogP contribution in [0.15, 0.2) is 18.2 Å². The number of benzene rings is 1. The Hall–Kier alpha value is -3.09. The summed E-state index contributed by atoms with van der Waals surface area (Å²) in [6, 6.07) is 7.86. The zero-order valence-electron chi connectivity index (χ0n) is 19.4. The Balaban J connectivity index is 1.30. The number of ether oxygens (including phenoxy) is 1. The van der Waals surface area contributed by atoms with Gasteiger partial charge in [-0.1, -0.05) is 35.3 Å². The Morgan fingerprint density at radius 3 is 2.80 bits per heavy atom. The smallest absolute Gasteiger partial charge is 0.408 e. The minimum absolute atomic E-state index is 0.183. The predicted octanol–water partition coefficient (Wildman–Crippen LogP) is 4.83. The maximum absolute atomic E-state index is 12.4. The van der Waals surface area contributed by atoms with E-state index >= 15 is 0 Å². The Morgan fingerprint density at radius 1 is 1.31 bits per heavy atom. The molecule has 35 heavy (non-hydrogen) atoms. The number of alkyl carbamates (subject to hydrolysis) is 1. The van der Waals surface area contributed by atoms with Gasteiger partial charge in [0.15, 0.2) is 11.3 Å². The number of nitrogens with one attached hydrogen (secondary N) is 2. The van der Waals surface area contributed by atoms with Gasteiger partial charge in [-0.05, 0) is 46.1 Å². The molecule has 180 valence electrons. The molecule has 6 rings (SSSR count). The van der Waals surface area contributed by atoms with E-state index in [1.54, 1.807) is 18.2 Å². The number of aromatic nitrogens is 4. The summed E-state index contributed by atoms with van der Waals surface area (Å²) in [5.41, 5.74) is 1.02. The number of halogens is 2. The van der Waals surface area contributed by atoms with E-state index in [2.05, 4.69) is 31.5 Å². The normalized spacial score (nSPS) is 26.5. The van der Waals surface area contributed by atoms with Gasteiger partial charge in [-0.3, -0.25) is 5.10 Å². The fraction of sp³-hybridized carbons (Fsp3) is 0.458. The van der Waals surface area contributed by atoms with E-state index in [-0.39, 0.29) is 29.4 Å². The standard InChI is InChI=1S/C24H23Cl2N7O2/c1-23(2,3)35-22(34)30-24-8-11-7-13(24)16(9-24)33(11)21-28-15(10-27)17-19(31-32-20(17)29-21)12-5-4-6-14(25)18(12)26/h4-6,11,13,16H,7-9H2,1-3H3,(H,30,34)(H,28,29,31,32)/t11-,13?,16-,24-/m0/s1. The molecule has 2 N–H and O–H groups in total. The molecule has 1 amide bonds. The molecular weight excluding hydrogens is 489 g/mol. The molecule has 3 aromatic rings. The summed E-state index contributed by atoms with van der Waals surface area (Å²) in [6.45, 7) is 5.58. The molecule has 2 aromatic heterocycles. The van der Waals surface area contributed by atoms with Gasteiger partial charge in [0.05, 0.1) is 21.0 Å². The Morgan fingerprint density at radius 2 is 2.11 bits per heavy atom. The molecule has 2 saturated carbocycles. The number of nitrogens with zero attached hydrogens (tertiary/aromatic N) is 5. The lowest BCUT2D eigenvalue weighted by Crippen LogP contribution is -2.71. The van der Waals surface area contributed by atoms with Crippen molar-refractivity contribution in [3.05, 3.63) is 33.9 Å². The van der Waals surface area contributed by atoms with Crippen molar-refractivity contribution in [2.75, 3.05) is 4.90 Å². The monoisotopic (exact) mass is 511 g/mol. The molecule has 1 aromatic carbocycles. The Labute approximate surface area is 211 Å². The number of nitriles is 1. The second kappa shape index (κ2) is 7.45. The number of carbonyl (C=O) groups is 1. The number of H-pyrrole nitrogens is 1. The van der Waals surface area contributed by atoms with Crippen LogP contribution >= 0.6 is 23.2 Å². The number of aromatic amines is 1. The predicted molar refractivity (Wildman–Crippen MR) is 131 cm³/mol. The molecule has 9 nitrogen and oxygen atoms in total. The van der Waals surface area contributed by atoms with Gasteiger partial charge < -0.3 is 15.0 Å². The molecule has 3 heterocycles. The molecule has 1 aliphatic heterocycles. The summed E-state index contributed by atoms with van der Waals surface area (Å²) in [6.07, 6.45) is 2.16. The van der Waals surface area contributed by atoms with Crippen molar-refractivity contribution in [1.29, 1.82) is 5.26 Å². The van der Waals surface area contributed by atoms with Gasteiger partial charge in [-0.15, -0.1) is 0 Å². The zero-order valence-corrected chi connectivity index (χ0v) is 20.9. The van der Waals surface area contributed by atoms with Crippen LogP contribution in [0.2, 0.25) is 10.0 Å². The molecule has 0 radical (unpaired) electrons. The van der Waals surface area contributed by atoms with Gasteiger partial charge in [0.1, 0.15) is 17.4 Å². The van der Waals surface area contributed by atoms with Crippen LogP contribution in [0, 0.1) is 17.2 Å². The van der Waals surface area contributed by atoms with Crippen LogP contribution in [0.25, 0.3) is 22.3 Å². The van der Waals surface area contributed by atoms with E-state index in [0.29, 0.717) is 44.2 Å². The number of amides is 1. The minimum Gasteiger partial charge on any atom is -0.444 e. The quantitative estimate of drug-likeness (QED) is 0.516. The van der Waals surface area contributed by atoms with E-state index in [1.807, 2.05) is 20.8 Å². The lowest BCUT2D eigenvalue weighted by Gasteiger charge is -2.57. The molecule has 1 unspecified atom stereocenters. The number of carbonyl (C=O) groups excluding carboxylic acids is 1. The van der Waals surface area contributed by atoms with Crippen molar-refractivity contribution in [3.63, 3.8) is 0 Å². The van der Waals surface area contributed by atoms with E-state index in [4.69, 9.17) is 32.9 Å². The highest BCUT2D eigenvalue weighted by atomic mass is 35.5. The van der Waals surface area contributed by atoms with Crippen molar-refractivity contribution >= 4 is 46.3 Å². The maximum Gasteiger partial charge on any atom is 0.408 e. The van der Waals surface area contributed by atoms with Crippen LogP contribution in [0.5, 0.6) is 0 Å². The van der Waals surface area contributed by atoms with Crippen LogP contribution in [-0.4, -0.2) is 49.5 Å². The maximum atomic E-state index is 12.4. The summed E-state index contributed by atoms with van der Waals surface area (Å²) in [7, 11) is 0. The highest BCUT2D eigenvalue weighted by Gasteiger charge is 2.69. The van der Waals surface area contributed by atoms with Gasteiger partial charge in [-0.2, -0.15) is 15.3 Å². The SMILES string of the molecule is CC(C)(C)OC(=O)N[C@]12C[C@@H]3CC1[C@H](C2)N3c1nc(C#N)c2c(-c3cccc(Cl)c3Cl)n[nH]c2n1. The van der Waals surface area contributed by atoms with Gasteiger partial charge in [0.2, 0.25) is 5.95 Å². The summed E-state index contributed by atoms with van der Waals surface area (Å²) >= 11 is 12.6. The fourth-order valence-electron chi connectivity index (χ4n) is 6.07. The summed E-state index contributed by atoms with van der Waals surface area (Å²) in [4.78, 5) is 24.0. The summed E-state index contributed by atoms with van der Waals surface area (Å²) in [5, 5.41) is 21.7. The van der Waals surface area contributed by atoms with Gasteiger partial charge >= 0.3 is 6.09 Å². The van der Waals surface area contributed by atoms with Crippen molar-refractivity contribution < 1.29 is 9.53 Å². The topological polar surface area (TPSA) is 120 Å². The Kier molecular flexibility index (Phi) is 4.77. The van der Waals surface area contributed by atoms with Gasteiger partial charge in [0.25, 0.3) is 0 Å². The Bertz CT molecular complexity index is 1420. The first-order valence-corrected chi connectivity index (χ1v) is 12.3. The number of hydrogen-bond acceptors (Lipinski definition) is 7. The average molecular weight is 512 g/mol. The van der Waals surface area contributed by atoms with Crippen LogP contribution in [0.3, 0.4) is 0 Å². The number of rotatable bonds is 3. The number of hydrogen-bond donors (Lipinski definition) is 2.